The van der Waals surface area contributed by atoms with Crippen LogP contribution in [0, 0.1) is 13.8 Å². The summed E-state index contributed by atoms with van der Waals surface area (Å²) in [6, 6.07) is 16.1. The third-order valence-electron chi connectivity index (χ3n) is 3.56. The van der Waals surface area contributed by atoms with Crippen LogP contribution < -0.4 is 5.32 Å². The molecule has 5 nitrogen and oxygen atoms in total. The number of benzene rings is 2. The normalized spacial score (nSPS) is 10.6. The number of thioether (sulfide) groups is 1. The number of carbonyl (C=O) groups is 1. The van der Waals surface area contributed by atoms with E-state index in [4.69, 9.17) is 4.42 Å². The van der Waals surface area contributed by atoms with E-state index in [1.807, 2.05) is 31.2 Å². The molecule has 3 rings (SSSR count). The lowest BCUT2D eigenvalue weighted by Crippen LogP contribution is -2.12. The fraction of sp³-hybridized carbons (Fsp3) is 0.211. The van der Waals surface area contributed by atoms with E-state index < -0.39 is 0 Å². The quantitative estimate of drug-likeness (QED) is 0.662. The molecule has 0 unspecified atom stereocenters. The highest BCUT2D eigenvalue weighted by Gasteiger charge is 2.11. The first-order valence-electron chi connectivity index (χ1n) is 8.00. The van der Waals surface area contributed by atoms with E-state index in [0.29, 0.717) is 18.1 Å². The molecule has 0 aliphatic carbocycles. The lowest BCUT2D eigenvalue weighted by atomic mass is 10.1. The molecule has 1 aromatic heterocycles. The van der Waals surface area contributed by atoms with Crippen molar-refractivity contribution in [1.82, 2.24) is 10.2 Å². The zero-order valence-electron chi connectivity index (χ0n) is 14.2. The van der Waals surface area contributed by atoms with Crippen LogP contribution in [0.5, 0.6) is 0 Å². The standard InChI is InChI=1S/C19H19N3O2S/c1-13-6-8-16(9-7-13)25-11-10-17(23)20-19-22-21-18(24-19)15-5-3-4-14(2)12-15/h3-9,12H,10-11H2,1-2H3,(H,20,22,23). The zero-order chi connectivity index (χ0) is 17.6. The Balaban J connectivity index is 1.50. The molecular formula is C19H19N3O2S. The van der Waals surface area contributed by atoms with E-state index in [1.54, 1.807) is 11.8 Å². The number of carbonyl (C=O) groups excluding carboxylic acids is 1. The van der Waals surface area contributed by atoms with Gasteiger partial charge in [0.25, 0.3) is 0 Å². The van der Waals surface area contributed by atoms with E-state index >= 15 is 0 Å². The van der Waals surface area contributed by atoms with Gasteiger partial charge in [0.15, 0.2) is 0 Å². The first-order valence-corrected chi connectivity index (χ1v) is 8.98. The van der Waals surface area contributed by atoms with Gasteiger partial charge in [0.05, 0.1) is 0 Å². The van der Waals surface area contributed by atoms with E-state index in [9.17, 15) is 4.79 Å². The summed E-state index contributed by atoms with van der Waals surface area (Å²) >= 11 is 1.64. The van der Waals surface area contributed by atoms with E-state index in [1.165, 1.54) is 5.56 Å². The predicted molar refractivity (Wildman–Crippen MR) is 99.6 cm³/mol. The van der Waals surface area contributed by atoms with Gasteiger partial charge in [-0.3, -0.25) is 10.1 Å². The molecule has 1 N–H and O–H groups in total. The number of aromatic nitrogens is 2. The summed E-state index contributed by atoms with van der Waals surface area (Å²) in [6.45, 7) is 4.05. The van der Waals surface area contributed by atoms with Crippen LogP contribution >= 0.6 is 11.8 Å². The molecule has 25 heavy (non-hydrogen) atoms. The van der Waals surface area contributed by atoms with Crippen molar-refractivity contribution in [3.8, 4) is 11.5 Å². The Morgan fingerprint density at radius 3 is 2.64 bits per heavy atom. The Labute approximate surface area is 150 Å². The highest BCUT2D eigenvalue weighted by Crippen LogP contribution is 2.21. The maximum atomic E-state index is 12.0. The van der Waals surface area contributed by atoms with Crippen LogP contribution in [-0.4, -0.2) is 21.9 Å². The number of nitrogens with zero attached hydrogens (tertiary/aromatic N) is 2. The largest absolute Gasteiger partial charge is 0.403 e. The van der Waals surface area contributed by atoms with Gasteiger partial charge in [0, 0.05) is 22.6 Å². The van der Waals surface area contributed by atoms with Crippen LogP contribution in [0.15, 0.2) is 57.8 Å². The van der Waals surface area contributed by atoms with Gasteiger partial charge in [-0.25, -0.2) is 0 Å². The smallest absolute Gasteiger partial charge is 0.322 e. The Kier molecular flexibility index (Phi) is 5.50. The Morgan fingerprint density at radius 1 is 1.08 bits per heavy atom. The molecule has 0 radical (unpaired) electrons. The molecule has 3 aromatic rings. The highest BCUT2D eigenvalue weighted by atomic mass is 32.2. The lowest BCUT2D eigenvalue weighted by molar-refractivity contribution is -0.115. The Morgan fingerprint density at radius 2 is 1.88 bits per heavy atom. The van der Waals surface area contributed by atoms with Gasteiger partial charge < -0.3 is 4.42 Å². The SMILES string of the molecule is Cc1ccc(SCCC(=O)Nc2nnc(-c3cccc(C)c3)o2)cc1. The van der Waals surface area contributed by atoms with Gasteiger partial charge in [0.1, 0.15) is 0 Å². The molecule has 0 aliphatic rings. The molecule has 0 fully saturated rings. The summed E-state index contributed by atoms with van der Waals surface area (Å²) in [4.78, 5) is 13.2. The molecule has 0 bridgehead atoms. The summed E-state index contributed by atoms with van der Waals surface area (Å²) in [5.41, 5.74) is 3.17. The Bertz CT molecular complexity index is 859. The van der Waals surface area contributed by atoms with E-state index in [2.05, 4.69) is 46.7 Å². The van der Waals surface area contributed by atoms with Crippen LogP contribution in [-0.2, 0) is 4.79 Å². The fourth-order valence-corrected chi connectivity index (χ4v) is 3.10. The van der Waals surface area contributed by atoms with Gasteiger partial charge in [-0.05, 0) is 38.1 Å². The molecule has 0 saturated heterocycles. The summed E-state index contributed by atoms with van der Waals surface area (Å²) in [7, 11) is 0. The van der Waals surface area contributed by atoms with Gasteiger partial charge in [0.2, 0.25) is 11.8 Å². The molecule has 6 heteroatoms. The van der Waals surface area contributed by atoms with Crippen molar-refractivity contribution in [2.24, 2.45) is 0 Å². The minimum atomic E-state index is -0.140. The topological polar surface area (TPSA) is 68.0 Å². The first kappa shape index (κ1) is 17.2. The zero-order valence-corrected chi connectivity index (χ0v) is 15.0. The maximum absolute atomic E-state index is 12.0. The van der Waals surface area contributed by atoms with Crippen LogP contribution in [0.25, 0.3) is 11.5 Å². The monoisotopic (exact) mass is 353 g/mol. The molecular weight excluding hydrogens is 334 g/mol. The second kappa shape index (κ2) is 7.98. The van der Waals surface area contributed by atoms with Crippen LogP contribution in [0.4, 0.5) is 6.01 Å². The number of amides is 1. The molecule has 0 aliphatic heterocycles. The molecule has 0 atom stereocenters. The minimum absolute atomic E-state index is 0.127. The number of anilines is 1. The predicted octanol–water partition coefficient (Wildman–Crippen LogP) is 4.47. The average molecular weight is 353 g/mol. The number of aryl methyl sites for hydroxylation is 2. The van der Waals surface area contributed by atoms with Gasteiger partial charge in [-0.2, -0.15) is 0 Å². The summed E-state index contributed by atoms with van der Waals surface area (Å²) in [6.07, 6.45) is 0.376. The lowest BCUT2D eigenvalue weighted by Gasteiger charge is -2.02. The van der Waals surface area contributed by atoms with E-state index in [0.717, 1.165) is 16.0 Å². The van der Waals surface area contributed by atoms with E-state index in [-0.39, 0.29) is 11.9 Å². The summed E-state index contributed by atoms with van der Waals surface area (Å²) in [5, 5.41) is 10.5. The summed E-state index contributed by atoms with van der Waals surface area (Å²) in [5.74, 6) is 0.945. The van der Waals surface area contributed by atoms with Crippen molar-refractivity contribution in [3.05, 3.63) is 59.7 Å². The van der Waals surface area contributed by atoms with Gasteiger partial charge in [-0.15, -0.1) is 16.9 Å². The van der Waals surface area contributed by atoms with Gasteiger partial charge >= 0.3 is 6.01 Å². The maximum Gasteiger partial charge on any atom is 0.322 e. The van der Waals surface area contributed by atoms with Gasteiger partial charge in [-0.1, -0.05) is 40.5 Å². The molecule has 2 aromatic carbocycles. The Hall–Kier alpha value is -2.60. The third kappa shape index (κ3) is 4.93. The number of hydrogen-bond donors (Lipinski definition) is 1. The van der Waals surface area contributed by atoms with Crippen LogP contribution in [0.1, 0.15) is 17.5 Å². The number of rotatable bonds is 6. The highest BCUT2D eigenvalue weighted by molar-refractivity contribution is 7.99. The van der Waals surface area contributed by atoms with Crippen LogP contribution in [0.2, 0.25) is 0 Å². The van der Waals surface area contributed by atoms with Crippen molar-refractivity contribution in [3.63, 3.8) is 0 Å². The van der Waals surface area contributed by atoms with Crippen molar-refractivity contribution < 1.29 is 9.21 Å². The fourth-order valence-electron chi connectivity index (χ4n) is 2.25. The molecule has 0 spiro atoms. The number of hydrogen-bond acceptors (Lipinski definition) is 5. The average Bonchev–Trinajstić information content (AvgIpc) is 3.05. The van der Waals surface area contributed by atoms with Crippen LogP contribution in [0.3, 0.4) is 0 Å². The minimum Gasteiger partial charge on any atom is -0.403 e. The molecule has 0 saturated carbocycles. The molecule has 128 valence electrons. The molecule has 1 heterocycles. The number of nitrogens with one attached hydrogen (secondary N) is 1. The summed E-state index contributed by atoms with van der Waals surface area (Å²) < 4.78 is 5.51. The first-order chi connectivity index (χ1) is 12.1. The van der Waals surface area contributed by atoms with Crippen molar-refractivity contribution in [2.45, 2.75) is 25.2 Å². The second-order valence-corrected chi connectivity index (χ2v) is 6.91. The van der Waals surface area contributed by atoms with Crippen molar-refractivity contribution in [1.29, 1.82) is 0 Å². The van der Waals surface area contributed by atoms with Crippen molar-refractivity contribution in [2.75, 3.05) is 11.1 Å². The second-order valence-electron chi connectivity index (χ2n) is 5.74. The van der Waals surface area contributed by atoms with Crippen molar-refractivity contribution >= 4 is 23.7 Å². The molecule has 1 amide bonds. The third-order valence-corrected chi connectivity index (χ3v) is 4.57.